The molecule has 0 radical (unpaired) electrons. The Morgan fingerprint density at radius 1 is 1.00 bits per heavy atom. The molecular formula is C36H35F3N2O4. The molecule has 0 unspecified atom stereocenters. The molecule has 45 heavy (non-hydrogen) atoms. The molecule has 4 aromatic carbocycles. The van der Waals surface area contributed by atoms with Gasteiger partial charge in [-0.2, -0.15) is 0 Å². The molecule has 0 bridgehead atoms. The standard InChI is InChI=1S/C36H35F3N2O4/c1-3-33(24-9-12-29(38)30(39)16-24)44-28-10-7-23(8-11-28)34-13-14-40(2)31-17-25-18-32(36(42)43)41(21-26(25)19-35(31)45-34)20-22-5-4-6-27(37)15-22/h4-12,15-17,19,32-34H,3,13-14,18,20-21H2,1-2H3,(H,42,43)/t32-,33+,34+/m0/s1. The number of benzene rings is 4. The van der Waals surface area contributed by atoms with E-state index in [9.17, 15) is 23.1 Å². The summed E-state index contributed by atoms with van der Waals surface area (Å²) in [6, 6.07) is 21.1. The van der Waals surface area contributed by atoms with Crippen LogP contribution in [-0.4, -0.2) is 35.6 Å². The number of hydrogen-bond acceptors (Lipinski definition) is 5. The monoisotopic (exact) mass is 616 g/mol. The summed E-state index contributed by atoms with van der Waals surface area (Å²) < 4.78 is 53.8. The van der Waals surface area contributed by atoms with Crippen LogP contribution in [0.1, 0.15) is 59.8 Å². The molecule has 0 amide bonds. The zero-order valence-electron chi connectivity index (χ0n) is 25.2. The van der Waals surface area contributed by atoms with E-state index in [2.05, 4.69) is 4.90 Å². The number of anilines is 1. The molecule has 3 atom stereocenters. The number of carboxylic acid groups (broad SMARTS) is 1. The summed E-state index contributed by atoms with van der Waals surface area (Å²) in [5, 5.41) is 10.0. The van der Waals surface area contributed by atoms with Crippen molar-refractivity contribution in [3.05, 3.63) is 124 Å². The lowest BCUT2D eigenvalue weighted by atomic mass is 9.92. The molecule has 0 saturated heterocycles. The van der Waals surface area contributed by atoms with Crippen LogP contribution in [0.3, 0.4) is 0 Å². The Morgan fingerprint density at radius 3 is 2.51 bits per heavy atom. The number of aliphatic carboxylic acids is 1. The number of fused-ring (bicyclic) bond motifs is 2. The van der Waals surface area contributed by atoms with Crippen LogP contribution in [-0.2, 0) is 24.3 Å². The quantitative estimate of drug-likeness (QED) is 0.220. The van der Waals surface area contributed by atoms with Gasteiger partial charge in [-0.15, -0.1) is 0 Å². The average Bonchev–Trinajstić information content (AvgIpc) is 3.18. The molecule has 2 heterocycles. The maximum Gasteiger partial charge on any atom is 0.321 e. The van der Waals surface area contributed by atoms with Crippen LogP contribution in [0.5, 0.6) is 11.5 Å². The maximum absolute atomic E-state index is 13.9. The Morgan fingerprint density at radius 2 is 1.80 bits per heavy atom. The minimum atomic E-state index is -0.904. The maximum atomic E-state index is 13.9. The highest BCUT2D eigenvalue weighted by molar-refractivity contribution is 5.75. The second-order valence-corrected chi connectivity index (χ2v) is 11.8. The van der Waals surface area contributed by atoms with Gasteiger partial charge < -0.3 is 19.5 Å². The van der Waals surface area contributed by atoms with Crippen LogP contribution in [0.2, 0.25) is 0 Å². The minimum absolute atomic E-state index is 0.229. The predicted molar refractivity (Wildman–Crippen MR) is 165 cm³/mol. The van der Waals surface area contributed by atoms with Crippen molar-refractivity contribution in [2.75, 3.05) is 18.5 Å². The normalized spacial score (nSPS) is 18.7. The molecule has 0 spiro atoms. The number of halogens is 3. The van der Waals surface area contributed by atoms with Crippen molar-refractivity contribution in [1.82, 2.24) is 4.90 Å². The van der Waals surface area contributed by atoms with Gasteiger partial charge in [-0.3, -0.25) is 9.69 Å². The zero-order chi connectivity index (χ0) is 31.7. The van der Waals surface area contributed by atoms with E-state index in [-0.39, 0.29) is 11.9 Å². The summed E-state index contributed by atoms with van der Waals surface area (Å²) in [6.07, 6.45) is 1.00. The van der Waals surface area contributed by atoms with Gasteiger partial charge in [-0.05, 0) is 89.2 Å². The van der Waals surface area contributed by atoms with E-state index in [1.807, 2.05) is 55.3 Å². The van der Waals surface area contributed by atoms with Crippen LogP contribution in [0.25, 0.3) is 0 Å². The molecule has 234 valence electrons. The van der Waals surface area contributed by atoms with Crippen molar-refractivity contribution in [3.8, 4) is 11.5 Å². The molecule has 9 heteroatoms. The predicted octanol–water partition coefficient (Wildman–Crippen LogP) is 7.61. The van der Waals surface area contributed by atoms with Crippen LogP contribution >= 0.6 is 0 Å². The fraction of sp³-hybridized carbons (Fsp3) is 0.306. The van der Waals surface area contributed by atoms with Crippen molar-refractivity contribution in [2.45, 2.75) is 57.5 Å². The first-order valence-electron chi connectivity index (χ1n) is 15.1. The molecule has 0 saturated carbocycles. The smallest absolute Gasteiger partial charge is 0.321 e. The van der Waals surface area contributed by atoms with Crippen molar-refractivity contribution in [1.29, 1.82) is 0 Å². The summed E-state index contributed by atoms with van der Waals surface area (Å²) in [7, 11) is 2.00. The van der Waals surface area contributed by atoms with E-state index in [0.717, 1.165) is 52.7 Å². The lowest BCUT2D eigenvalue weighted by Gasteiger charge is -2.35. The molecule has 2 aliphatic heterocycles. The number of nitrogens with zero attached hydrogens (tertiary/aromatic N) is 2. The summed E-state index contributed by atoms with van der Waals surface area (Å²) in [5.74, 6) is -1.70. The number of ether oxygens (including phenoxy) is 2. The van der Waals surface area contributed by atoms with Gasteiger partial charge in [0, 0.05) is 33.1 Å². The number of carboxylic acids is 1. The van der Waals surface area contributed by atoms with Crippen molar-refractivity contribution in [2.24, 2.45) is 0 Å². The molecule has 1 N–H and O–H groups in total. The number of carbonyl (C=O) groups is 1. The van der Waals surface area contributed by atoms with E-state index in [0.29, 0.717) is 37.2 Å². The van der Waals surface area contributed by atoms with Crippen LogP contribution in [0.15, 0.2) is 78.9 Å². The SMILES string of the molecule is CC[C@@H](Oc1ccc([C@H]2CCN(C)c3cc4c(cc3O2)CN(Cc2cccc(F)c2)[C@H](C(=O)O)C4)cc1)c1ccc(F)c(F)c1. The lowest BCUT2D eigenvalue weighted by Crippen LogP contribution is -2.45. The third-order valence-electron chi connectivity index (χ3n) is 8.69. The van der Waals surface area contributed by atoms with Gasteiger partial charge in [0.15, 0.2) is 11.6 Å². The lowest BCUT2D eigenvalue weighted by molar-refractivity contribution is -0.144. The highest BCUT2D eigenvalue weighted by Crippen LogP contribution is 2.41. The first-order valence-corrected chi connectivity index (χ1v) is 15.1. The second-order valence-electron chi connectivity index (χ2n) is 11.8. The van der Waals surface area contributed by atoms with E-state index < -0.39 is 29.7 Å². The van der Waals surface area contributed by atoms with Gasteiger partial charge in [-0.25, -0.2) is 13.2 Å². The minimum Gasteiger partial charge on any atom is -0.486 e. The van der Waals surface area contributed by atoms with Gasteiger partial charge in [0.1, 0.15) is 35.6 Å². The number of rotatable bonds is 8. The molecule has 0 aliphatic carbocycles. The van der Waals surface area contributed by atoms with E-state index in [4.69, 9.17) is 9.47 Å². The molecule has 0 aromatic heterocycles. The van der Waals surface area contributed by atoms with Gasteiger partial charge in [0.05, 0.1) is 5.69 Å². The highest BCUT2D eigenvalue weighted by atomic mass is 19.2. The van der Waals surface area contributed by atoms with E-state index >= 15 is 0 Å². The van der Waals surface area contributed by atoms with Gasteiger partial charge >= 0.3 is 5.97 Å². The Bertz CT molecular complexity index is 1700. The summed E-state index contributed by atoms with van der Waals surface area (Å²) in [4.78, 5) is 16.3. The van der Waals surface area contributed by atoms with Crippen molar-refractivity contribution < 1.29 is 32.5 Å². The first kappa shape index (κ1) is 30.5. The molecule has 4 aromatic rings. The zero-order valence-corrected chi connectivity index (χ0v) is 25.2. The molecule has 2 aliphatic rings. The fourth-order valence-electron chi connectivity index (χ4n) is 6.23. The second kappa shape index (κ2) is 12.9. The Labute approximate surface area is 260 Å². The average molecular weight is 617 g/mol. The third kappa shape index (κ3) is 6.63. The highest BCUT2D eigenvalue weighted by Gasteiger charge is 2.33. The first-order chi connectivity index (χ1) is 21.7. The topological polar surface area (TPSA) is 62.2 Å². The van der Waals surface area contributed by atoms with Crippen LogP contribution in [0, 0.1) is 17.5 Å². The molecule has 0 fully saturated rings. The van der Waals surface area contributed by atoms with Gasteiger partial charge in [0.25, 0.3) is 0 Å². The van der Waals surface area contributed by atoms with Crippen molar-refractivity contribution >= 4 is 11.7 Å². The Hall–Kier alpha value is -4.50. The number of hydrogen-bond donors (Lipinski definition) is 1. The van der Waals surface area contributed by atoms with E-state index in [1.54, 1.807) is 12.1 Å². The van der Waals surface area contributed by atoms with Gasteiger partial charge in [-0.1, -0.05) is 37.3 Å². The Kier molecular flexibility index (Phi) is 8.72. The molecule has 6 nitrogen and oxygen atoms in total. The van der Waals surface area contributed by atoms with Crippen molar-refractivity contribution in [3.63, 3.8) is 0 Å². The Balaban J connectivity index is 1.21. The van der Waals surface area contributed by atoms with Crippen LogP contribution < -0.4 is 14.4 Å². The largest absolute Gasteiger partial charge is 0.486 e. The molecular weight excluding hydrogens is 581 g/mol. The molecule has 6 rings (SSSR count). The van der Waals surface area contributed by atoms with Gasteiger partial charge in [0.2, 0.25) is 0 Å². The fourth-order valence-corrected chi connectivity index (χ4v) is 6.23. The van der Waals surface area contributed by atoms with Crippen LogP contribution in [0.4, 0.5) is 18.9 Å². The van der Waals surface area contributed by atoms with E-state index in [1.165, 1.54) is 24.3 Å². The third-order valence-corrected chi connectivity index (χ3v) is 8.69. The summed E-state index contributed by atoms with van der Waals surface area (Å²) in [6.45, 7) is 3.38. The summed E-state index contributed by atoms with van der Waals surface area (Å²) in [5.41, 5.74) is 5.14. The summed E-state index contributed by atoms with van der Waals surface area (Å²) >= 11 is 0.